The number of nitrogens with two attached hydrogens (primary N) is 1. The Bertz CT molecular complexity index is 1200. The highest BCUT2D eigenvalue weighted by Crippen LogP contribution is 2.43. The van der Waals surface area contributed by atoms with Crippen molar-refractivity contribution >= 4 is 11.6 Å². The summed E-state index contributed by atoms with van der Waals surface area (Å²) in [4.78, 5) is 19.4. The molecule has 6 rings (SSSR count). The first-order valence-corrected chi connectivity index (χ1v) is 11.6. The van der Waals surface area contributed by atoms with Crippen molar-refractivity contribution in [3.05, 3.63) is 66.2 Å². The lowest BCUT2D eigenvalue weighted by molar-refractivity contribution is -0.121. The second-order valence-electron chi connectivity index (χ2n) is 9.61. The fourth-order valence-corrected chi connectivity index (χ4v) is 4.92. The van der Waals surface area contributed by atoms with Gasteiger partial charge in [-0.15, -0.1) is 0 Å². The molecule has 2 saturated carbocycles. The van der Waals surface area contributed by atoms with Gasteiger partial charge in [-0.1, -0.05) is 54.6 Å². The number of fused-ring (bicyclic) bond motifs is 1. The van der Waals surface area contributed by atoms with E-state index in [-0.39, 0.29) is 18.6 Å². The van der Waals surface area contributed by atoms with E-state index in [1.165, 1.54) is 12.8 Å². The van der Waals surface area contributed by atoms with Gasteiger partial charge in [0.1, 0.15) is 5.69 Å². The number of pyridine rings is 1. The van der Waals surface area contributed by atoms with Crippen LogP contribution in [0.15, 0.2) is 60.7 Å². The minimum absolute atomic E-state index is 0.0109. The molecule has 3 aromatic rings. The highest BCUT2D eigenvalue weighted by atomic mass is 16.5. The van der Waals surface area contributed by atoms with E-state index in [0.29, 0.717) is 24.6 Å². The number of hydrogen-bond acceptors (Lipinski definition) is 5. The summed E-state index contributed by atoms with van der Waals surface area (Å²) in [6.07, 6.45) is 3.18. The number of ether oxygens (including phenoxy) is 1. The van der Waals surface area contributed by atoms with Gasteiger partial charge in [-0.25, -0.2) is 4.98 Å². The van der Waals surface area contributed by atoms with Crippen molar-refractivity contribution in [2.75, 3.05) is 18.1 Å². The molecule has 2 aromatic carbocycles. The number of amides is 1. The Balaban J connectivity index is 1.44. The van der Waals surface area contributed by atoms with Crippen molar-refractivity contribution in [2.24, 2.45) is 11.7 Å². The molecule has 3 aliphatic rings. The zero-order chi connectivity index (χ0) is 22.6. The third-order valence-electron chi connectivity index (χ3n) is 7.05. The van der Waals surface area contributed by atoms with Crippen LogP contribution < -0.4 is 15.4 Å². The summed E-state index contributed by atoms with van der Waals surface area (Å²) in [5, 5.41) is 9.72. The first-order valence-electron chi connectivity index (χ1n) is 11.6. The molecular formula is C27H27N3O3. The second kappa shape index (κ2) is 7.68. The molecule has 0 unspecified atom stereocenters. The lowest BCUT2D eigenvalue weighted by atomic mass is 9.70. The molecule has 1 aliphatic heterocycles. The Morgan fingerprint density at radius 2 is 1.79 bits per heavy atom. The molecule has 0 atom stereocenters. The molecule has 2 heterocycles. The molecule has 33 heavy (non-hydrogen) atoms. The smallest absolute Gasteiger partial charge is 0.265 e. The highest BCUT2D eigenvalue weighted by Gasteiger charge is 2.41. The van der Waals surface area contributed by atoms with Gasteiger partial charge < -0.3 is 20.5 Å². The third kappa shape index (κ3) is 3.69. The van der Waals surface area contributed by atoms with Crippen LogP contribution in [0.2, 0.25) is 0 Å². The average Bonchev–Trinajstić information content (AvgIpc) is 3.64. The van der Waals surface area contributed by atoms with Gasteiger partial charge in [0.25, 0.3) is 5.91 Å². The number of aromatic nitrogens is 1. The fraction of sp³-hybridized carbons (Fsp3) is 0.333. The van der Waals surface area contributed by atoms with E-state index in [1.807, 2.05) is 53.4 Å². The number of carbonyl (C=O) groups is 1. The number of benzene rings is 2. The van der Waals surface area contributed by atoms with Crippen LogP contribution in [0.3, 0.4) is 0 Å². The SMILES string of the molecule is NC1(c2ccc(-c3nc4c(cc3-c3ccccc3)N(CC3CC3)C(=O)CO4)cc2)CC(O)C1. The molecule has 168 valence electrons. The molecule has 2 aliphatic carbocycles. The molecule has 0 saturated heterocycles. The maximum Gasteiger partial charge on any atom is 0.265 e. The molecule has 1 aromatic heterocycles. The largest absolute Gasteiger partial charge is 0.466 e. The van der Waals surface area contributed by atoms with Crippen LogP contribution in [0.1, 0.15) is 31.2 Å². The van der Waals surface area contributed by atoms with Gasteiger partial charge in [0.05, 0.1) is 11.8 Å². The molecule has 0 radical (unpaired) electrons. The summed E-state index contributed by atoms with van der Waals surface area (Å²) in [6.45, 7) is 0.747. The third-order valence-corrected chi connectivity index (χ3v) is 7.05. The standard InChI is InChI=1S/C27H27N3O3/c28-27(13-21(31)14-27)20-10-8-19(9-11-20)25-22(18-4-2-1-3-5-18)12-23-26(29-25)33-16-24(32)30(23)15-17-6-7-17/h1-5,8-12,17,21,31H,6-7,13-16,28H2. The van der Waals surface area contributed by atoms with Crippen LogP contribution in [-0.4, -0.2) is 35.3 Å². The van der Waals surface area contributed by atoms with Gasteiger partial charge in [0, 0.05) is 23.2 Å². The zero-order valence-electron chi connectivity index (χ0n) is 18.4. The summed E-state index contributed by atoms with van der Waals surface area (Å²) >= 11 is 0. The van der Waals surface area contributed by atoms with Crippen molar-refractivity contribution < 1.29 is 14.6 Å². The molecule has 6 heteroatoms. The monoisotopic (exact) mass is 441 g/mol. The Kier molecular flexibility index (Phi) is 4.75. The minimum atomic E-state index is -0.462. The molecule has 3 N–H and O–H groups in total. The van der Waals surface area contributed by atoms with Crippen molar-refractivity contribution in [3.63, 3.8) is 0 Å². The predicted molar refractivity (Wildman–Crippen MR) is 127 cm³/mol. The van der Waals surface area contributed by atoms with Gasteiger partial charge in [-0.05, 0) is 48.8 Å². The van der Waals surface area contributed by atoms with Crippen molar-refractivity contribution in [1.82, 2.24) is 4.98 Å². The van der Waals surface area contributed by atoms with Crippen molar-refractivity contribution in [3.8, 4) is 28.3 Å². The fourth-order valence-electron chi connectivity index (χ4n) is 4.92. The van der Waals surface area contributed by atoms with E-state index in [0.717, 1.165) is 40.2 Å². The van der Waals surface area contributed by atoms with E-state index in [1.54, 1.807) is 0 Å². The van der Waals surface area contributed by atoms with E-state index < -0.39 is 5.54 Å². The summed E-state index contributed by atoms with van der Waals surface area (Å²) in [7, 11) is 0. The Labute approximate surface area is 193 Å². The van der Waals surface area contributed by atoms with E-state index in [4.69, 9.17) is 15.5 Å². The minimum Gasteiger partial charge on any atom is -0.466 e. The van der Waals surface area contributed by atoms with Crippen LogP contribution in [0.5, 0.6) is 5.88 Å². The van der Waals surface area contributed by atoms with Gasteiger partial charge in [-0.3, -0.25) is 4.79 Å². The van der Waals surface area contributed by atoms with Gasteiger partial charge >= 0.3 is 0 Å². The van der Waals surface area contributed by atoms with Gasteiger partial charge in [0.2, 0.25) is 5.88 Å². The Morgan fingerprint density at radius 1 is 1.06 bits per heavy atom. The number of anilines is 1. The molecule has 0 bridgehead atoms. The molecule has 1 amide bonds. The van der Waals surface area contributed by atoms with Crippen molar-refractivity contribution in [1.29, 1.82) is 0 Å². The molecule has 0 spiro atoms. The predicted octanol–water partition coefficient (Wildman–Crippen LogP) is 3.86. The van der Waals surface area contributed by atoms with Gasteiger partial charge in [-0.2, -0.15) is 0 Å². The number of rotatable bonds is 5. The van der Waals surface area contributed by atoms with Crippen LogP contribution in [0, 0.1) is 5.92 Å². The Morgan fingerprint density at radius 3 is 2.45 bits per heavy atom. The number of aliphatic hydroxyl groups excluding tert-OH is 1. The number of aliphatic hydroxyl groups is 1. The topological polar surface area (TPSA) is 88.7 Å². The lowest BCUT2D eigenvalue weighted by Crippen LogP contribution is -2.51. The van der Waals surface area contributed by atoms with Crippen LogP contribution in [0.4, 0.5) is 5.69 Å². The maximum absolute atomic E-state index is 12.7. The molecule has 2 fully saturated rings. The number of carbonyl (C=O) groups excluding carboxylic acids is 1. The quantitative estimate of drug-likeness (QED) is 0.628. The average molecular weight is 442 g/mol. The van der Waals surface area contributed by atoms with Gasteiger partial charge in [0.15, 0.2) is 6.61 Å². The summed E-state index contributed by atoms with van der Waals surface area (Å²) in [5.41, 5.74) is 11.5. The van der Waals surface area contributed by atoms with Crippen LogP contribution in [-0.2, 0) is 10.3 Å². The van der Waals surface area contributed by atoms with E-state index in [9.17, 15) is 9.90 Å². The number of nitrogens with zero attached hydrogens (tertiary/aromatic N) is 2. The highest BCUT2D eigenvalue weighted by molar-refractivity contribution is 5.99. The summed E-state index contributed by atoms with van der Waals surface area (Å²) < 4.78 is 5.79. The van der Waals surface area contributed by atoms with E-state index >= 15 is 0 Å². The maximum atomic E-state index is 12.7. The lowest BCUT2D eigenvalue weighted by Gasteiger charge is -2.42. The summed E-state index contributed by atoms with van der Waals surface area (Å²) in [6, 6.07) is 20.3. The first kappa shape index (κ1) is 20.4. The molecular weight excluding hydrogens is 414 g/mol. The van der Waals surface area contributed by atoms with Crippen LogP contribution >= 0.6 is 0 Å². The number of hydrogen-bond donors (Lipinski definition) is 2. The second-order valence-corrected chi connectivity index (χ2v) is 9.61. The normalized spacial score (nSPS) is 24.1. The van der Waals surface area contributed by atoms with E-state index in [2.05, 4.69) is 12.1 Å². The summed E-state index contributed by atoms with van der Waals surface area (Å²) in [5.74, 6) is 1.07. The zero-order valence-corrected chi connectivity index (χ0v) is 18.4. The molecule has 6 nitrogen and oxygen atoms in total. The van der Waals surface area contributed by atoms with Crippen molar-refractivity contribution in [2.45, 2.75) is 37.3 Å². The van der Waals surface area contributed by atoms with Crippen LogP contribution in [0.25, 0.3) is 22.4 Å². The first-order chi connectivity index (χ1) is 16.0. The Hall–Kier alpha value is -3.22.